The Labute approximate surface area is 217 Å². The zero-order valence-electron chi connectivity index (χ0n) is 20.1. The van der Waals surface area contributed by atoms with Crippen molar-refractivity contribution in [1.82, 2.24) is 14.8 Å². The van der Waals surface area contributed by atoms with Crippen molar-refractivity contribution in [2.45, 2.75) is 40.2 Å². The molecule has 1 fully saturated rings. The summed E-state index contributed by atoms with van der Waals surface area (Å²) in [5.41, 5.74) is 4.46. The van der Waals surface area contributed by atoms with Gasteiger partial charge in [0, 0.05) is 35.7 Å². The number of carbonyl (C=O) groups excluding carboxylic acids is 3. The van der Waals surface area contributed by atoms with Crippen LogP contribution >= 0.6 is 22.9 Å². The van der Waals surface area contributed by atoms with E-state index in [1.54, 1.807) is 29.2 Å². The summed E-state index contributed by atoms with van der Waals surface area (Å²) < 4.78 is 2.82. The third-order valence-corrected chi connectivity index (χ3v) is 7.73. The molecule has 8 nitrogen and oxygen atoms in total. The number of thiazole rings is 1. The van der Waals surface area contributed by atoms with E-state index in [4.69, 9.17) is 16.6 Å². The third-order valence-electron chi connectivity index (χ3n) is 6.28. The molecule has 1 aliphatic heterocycles. The third kappa shape index (κ3) is 4.40. The van der Waals surface area contributed by atoms with E-state index in [1.807, 2.05) is 43.7 Å². The molecule has 4 aromatic rings. The van der Waals surface area contributed by atoms with Gasteiger partial charge in [0.2, 0.25) is 11.8 Å². The molecule has 0 unspecified atom stereocenters. The first-order chi connectivity index (χ1) is 17.2. The van der Waals surface area contributed by atoms with Gasteiger partial charge in [-0.05, 0) is 68.8 Å². The number of amides is 3. The number of hydrogen-bond donors (Lipinski definition) is 0. The largest absolute Gasteiger partial charge is 0.282 e. The lowest BCUT2D eigenvalue weighted by Gasteiger charge is -2.21. The average molecular weight is 522 g/mol. The maximum atomic E-state index is 13.7. The standard InChI is InChI=1S/C26H24ClN5O3S/c1-15-14-16(2)31(29-15)13-12-30(26-28-24-17(3)20(27)8-9-21(24)36-26)25(35)18-4-6-19(7-5-18)32-22(33)10-11-23(32)34/h4-9,14H,10-13H2,1-3H3. The van der Waals surface area contributed by atoms with Crippen molar-refractivity contribution in [2.24, 2.45) is 0 Å². The fraction of sp³-hybridized carbons (Fsp3) is 0.269. The topological polar surface area (TPSA) is 88.4 Å². The summed E-state index contributed by atoms with van der Waals surface area (Å²) >= 11 is 7.73. The number of hydrogen-bond acceptors (Lipinski definition) is 6. The number of halogens is 1. The van der Waals surface area contributed by atoms with Crippen LogP contribution in [0.2, 0.25) is 5.02 Å². The van der Waals surface area contributed by atoms with Gasteiger partial charge in [0.25, 0.3) is 5.91 Å². The lowest BCUT2D eigenvalue weighted by Crippen LogP contribution is -2.34. The normalized spacial score (nSPS) is 13.7. The van der Waals surface area contributed by atoms with Crippen LogP contribution in [0.1, 0.15) is 40.2 Å². The number of rotatable bonds is 6. The Morgan fingerprint density at radius 2 is 1.75 bits per heavy atom. The van der Waals surface area contributed by atoms with Crippen LogP contribution < -0.4 is 9.80 Å². The fourth-order valence-electron chi connectivity index (χ4n) is 4.36. The number of nitrogens with zero attached hydrogens (tertiary/aromatic N) is 5. The van der Waals surface area contributed by atoms with Crippen LogP contribution in [0.15, 0.2) is 42.5 Å². The van der Waals surface area contributed by atoms with Crippen LogP contribution in [-0.2, 0) is 16.1 Å². The predicted molar refractivity (Wildman–Crippen MR) is 141 cm³/mol. The maximum Gasteiger partial charge on any atom is 0.260 e. The molecule has 3 heterocycles. The first-order valence-corrected chi connectivity index (χ1v) is 12.8. The van der Waals surface area contributed by atoms with Gasteiger partial charge in [-0.3, -0.25) is 28.9 Å². The van der Waals surface area contributed by atoms with E-state index in [9.17, 15) is 14.4 Å². The summed E-state index contributed by atoms with van der Waals surface area (Å²) in [6, 6.07) is 12.3. The van der Waals surface area contributed by atoms with Gasteiger partial charge in [-0.25, -0.2) is 4.98 Å². The molecule has 36 heavy (non-hydrogen) atoms. The first-order valence-electron chi connectivity index (χ1n) is 11.6. The van der Waals surface area contributed by atoms with Crippen LogP contribution in [0.25, 0.3) is 10.2 Å². The van der Waals surface area contributed by atoms with Crippen molar-refractivity contribution in [1.29, 1.82) is 0 Å². The molecule has 0 saturated carbocycles. The second kappa shape index (κ2) is 9.48. The molecule has 1 aliphatic rings. The summed E-state index contributed by atoms with van der Waals surface area (Å²) in [6.07, 6.45) is 0.418. The quantitative estimate of drug-likeness (QED) is 0.330. The molecule has 0 radical (unpaired) electrons. The second-order valence-corrected chi connectivity index (χ2v) is 10.2. The van der Waals surface area contributed by atoms with Crippen molar-refractivity contribution in [2.75, 3.05) is 16.3 Å². The van der Waals surface area contributed by atoms with Gasteiger partial charge >= 0.3 is 0 Å². The molecular weight excluding hydrogens is 498 g/mol. The van der Waals surface area contributed by atoms with E-state index in [1.165, 1.54) is 16.2 Å². The lowest BCUT2D eigenvalue weighted by atomic mass is 10.1. The highest BCUT2D eigenvalue weighted by Crippen LogP contribution is 2.34. The molecule has 2 aromatic heterocycles. The highest BCUT2D eigenvalue weighted by atomic mass is 35.5. The van der Waals surface area contributed by atoms with E-state index in [2.05, 4.69) is 5.10 Å². The minimum Gasteiger partial charge on any atom is -0.282 e. The molecule has 1 saturated heterocycles. The van der Waals surface area contributed by atoms with E-state index in [-0.39, 0.29) is 30.6 Å². The number of imide groups is 1. The van der Waals surface area contributed by atoms with Crippen molar-refractivity contribution in [3.05, 3.63) is 70.0 Å². The van der Waals surface area contributed by atoms with Gasteiger partial charge in [0.1, 0.15) is 0 Å². The summed E-state index contributed by atoms with van der Waals surface area (Å²) in [6.45, 7) is 6.68. The average Bonchev–Trinajstić information content (AvgIpc) is 3.53. The number of carbonyl (C=O) groups is 3. The van der Waals surface area contributed by atoms with Gasteiger partial charge in [-0.15, -0.1) is 0 Å². The van der Waals surface area contributed by atoms with E-state index in [0.717, 1.165) is 27.2 Å². The van der Waals surface area contributed by atoms with Crippen molar-refractivity contribution in [3.8, 4) is 0 Å². The summed E-state index contributed by atoms with van der Waals surface area (Å²) in [5.74, 6) is -0.687. The fourth-order valence-corrected chi connectivity index (χ4v) is 5.56. The molecule has 3 amide bonds. The molecule has 2 aromatic carbocycles. The summed E-state index contributed by atoms with van der Waals surface area (Å²) in [5, 5.41) is 5.71. The highest BCUT2D eigenvalue weighted by Gasteiger charge is 2.30. The van der Waals surface area contributed by atoms with Crippen LogP contribution in [0, 0.1) is 20.8 Å². The Hall–Kier alpha value is -3.56. The van der Waals surface area contributed by atoms with Crippen LogP contribution in [-0.4, -0.2) is 39.0 Å². The predicted octanol–water partition coefficient (Wildman–Crippen LogP) is 5.07. The number of aromatic nitrogens is 3. The number of benzene rings is 2. The van der Waals surface area contributed by atoms with Crippen molar-refractivity contribution >= 4 is 61.7 Å². The molecule has 0 atom stereocenters. The number of aryl methyl sites for hydroxylation is 3. The Bertz CT molecular complexity index is 1490. The molecule has 184 valence electrons. The lowest BCUT2D eigenvalue weighted by molar-refractivity contribution is -0.121. The van der Waals surface area contributed by atoms with Crippen LogP contribution in [0.4, 0.5) is 10.8 Å². The second-order valence-electron chi connectivity index (χ2n) is 8.79. The van der Waals surface area contributed by atoms with Gasteiger partial charge in [-0.1, -0.05) is 22.9 Å². The number of anilines is 2. The minimum absolute atomic E-state index is 0.209. The van der Waals surface area contributed by atoms with Crippen molar-refractivity contribution in [3.63, 3.8) is 0 Å². The molecule has 0 aliphatic carbocycles. The molecule has 0 N–H and O–H groups in total. The smallest absolute Gasteiger partial charge is 0.260 e. The monoisotopic (exact) mass is 521 g/mol. The summed E-state index contributed by atoms with van der Waals surface area (Å²) in [4.78, 5) is 45.5. The SMILES string of the molecule is Cc1cc(C)n(CCN(C(=O)c2ccc(N3C(=O)CCC3=O)cc2)c2nc3c(C)c(Cl)ccc3s2)n1. The highest BCUT2D eigenvalue weighted by molar-refractivity contribution is 7.22. The Kier molecular flexibility index (Phi) is 6.36. The zero-order valence-corrected chi connectivity index (χ0v) is 21.7. The first kappa shape index (κ1) is 24.1. The van der Waals surface area contributed by atoms with Gasteiger partial charge in [-0.2, -0.15) is 5.10 Å². The molecule has 0 bridgehead atoms. The van der Waals surface area contributed by atoms with Crippen LogP contribution in [0.3, 0.4) is 0 Å². The number of fused-ring (bicyclic) bond motifs is 1. The molecule has 5 rings (SSSR count). The maximum absolute atomic E-state index is 13.7. The Balaban J connectivity index is 1.48. The molecule has 10 heteroatoms. The van der Waals surface area contributed by atoms with Gasteiger partial charge < -0.3 is 0 Å². The van der Waals surface area contributed by atoms with Gasteiger partial charge in [0.15, 0.2) is 5.13 Å². The van der Waals surface area contributed by atoms with E-state index in [0.29, 0.717) is 34.5 Å². The molecule has 0 spiro atoms. The Morgan fingerprint density at radius 1 is 1.06 bits per heavy atom. The van der Waals surface area contributed by atoms with Gasteiger partial charge in [0.05, 0.1) is 28.1 Å². The van der Waals surface area contributed by atoms with E-state index >= 15 is 0 Å². The molecular formula is C26H24ClN5O3S. The zero-order chi connectivity index (χ0) is 25.6. The van der Waals surface area contributed by atoms with E-state index < -0.39 is 0 Å². The van der Waals surface area contributed by atoms with Crippen molar-refractivity contribution < 1.29 is 14.4 Å². The minimum atomic E-state index is -0.232. The summed E-state index contributed by atoms with van der Waals surface area (Å²) in [7, 11) is 0. The van der Waals surface area contributed by atoms with Crippen LogP contribution in [0.5, 0.6) is 0 Å². The Morgan fingerprint density at radius 3 is 2.39 bits per heavy atom.